The summed E-state index contributed by atoms with van der Waals surface area (Å²) >= 11 is 5.72. The predicted molar refractivity (Wildman–Crippen MR) is 72.9 cm³/mol. The minimum absolute atomic E-state index is 0.0577. The quantitative estimate of drug-likeness (QED) is 0.861. The fourth-order valence-corrected chi connectivity index (χ4v) is 3.41. The standard InChI is InChI=1S/C12H13ClN2O4S/c1-2-5-15(8-12(16)17)20(18,19)11-4-3-10(13)6-9(11)7-14/h3-4,6H,2,5,8H2,1H3,(H,16,17). The molecule has 1 aromatic carbocycles. The minimum Gasteiger partial charge on any atom is -0.480 e. The molecule has 0 unspecified atom stereocenters. The van der Waals surface area contributed by atoms with Gasteiger partial charge in [-0.15, -0.1) is 0 Å². The molecule has 0 atom stereocenters. The van der Waals surface area contributed by atoms with Gasteiger partial charge in [0, 0.05) is 11.6 Å². The number of benzene rings is 1. The van der Waals surface area contributed by atoms with Crippen molar-refractivity contribution in [3.05, 3.63) is 28.8 Å². The van der Waals surface area contributed by atoms with Gasteiger partial charge >= 0.3 is 5.97 Å². The van der Waals surface area contributed by atoms with E-state index in [0.717, 1.165) is 4.31 Å². The van der Waals surface area contributed by atoms with E-state index in [2.05, 4.69) is 0 Å². The summed E-state index contributed by atoms with van der Waals surface area (Å²) in [5.41, 5.74) is -0.107. The molecule has 0 aliphatic heterocycles. The van der Waals surface area contributed by atoms with E-state index in [1.807, 2.05) is 0 Å². The van der Waals surface area contributed by atoms with Gasteiger partial charge < -0.3 is 5.11 Å². The molecule has 108 valence electrons. The topological polar surface area (TPSA) is 98.5 Å². The van der Waals surface area contributed by atoms with Gasteiger partial charge in [-0.25, -0.2) is 8.42 Å². The second-order valence-corrected chi connectivity index (χ2v) is 6.33. The summed E-state index contributed by atoms with van der Waals surface area (Å²) in [5.74, 6) is -1.26. The largest absolute Gasteiger partial charge is 0.480 e. The predicted octanol–water partition coefficient (Wildman–Crippen LogP) is 1.70. The Morgan fingerprint density at radius 3 is 2.65 bits per heavy atom. The van der Waals surface area contributed by atoms with Crippen molar-refractivity contribution in [1.29, 1.82) is 5.26 Å². The molecule has 0 aliphatic rings. The summed E-state index contributed by atoms with van der Waals surface area (Å²) in [4.78, 5) is 10.5. The second-order valence-electron chi connectivity index (χ2n) is 3.98. The Bertz CT molecular complexity index is 652. The molecular formula is C12H13ClN2O4S. The number of nitriles is 1. The molecule has 0 aliphatic carbocycles. The molecule has 0 heterocycles. The first-order valence-corrected chi connectivity index (χ1v) is 7.56. The van der Waals surface area contributed by atoms with Gasteiger partial charge in [-0.05, 0) is 24.6 Å². The van der Waals surface area contributed by atoms with Crippen LogP contribution in [0.3, 0.4) is 0 Å². The zero-order valence-electron chi connectivity index (χ0n) is 10.7. The molecule has 20 heavy (non-hydrogen) atoms. The van der Waals surface area contributed by atoms with E-state index >= 15 is 0 Å². The summed E-state index contributed by atoms with van der Waals surface area (Å²) < 4.78 is 25.7. The number of halogens is 1. The van der Waals surface area contributed by atoms with Crippen LogP contribution in [0.5, 0.6) is 0 Å². The summed E-state index contributed by atoms with van der Waals surface area (Å²) in [6.07, 6.45) is 0.460. The van der Waals surface area contributed by atoms with Crippen molar-refractivity contribution in [3.8, 4) is 6.07 Å². The fraction of sp³-hybridized carbons (Fsp3) is 0.333. The lowest BCUT2D eigenvalue weighted by Gasteiger charge is -2.20. The van der Waals surface area contributed by atoms with Crippen LogP contribution in [-0.2, 0) is 14.8 Å². The normalized spacial score (nSPS) is 11.3. The number of hydrogen-bond donors (Lipinski definition) is 1. The van der Waals surface area contributed by atoms with Crippen molar-refractivity contribution >= 4 is 27.6 Å². The summed E-state index contributed by atoms with van der Waals surface area (Å²) in [6.45, 7) is 1.14. The molecule has 0 saturated heterocycles. The lowest BCUT2D eigenvalue weighted by Crippen LogP contribution is -2.36. The molecule has 0 aromatic heterocycles. The Morgan fingerprint density at radius 1 is 1.50 bits per heavy atom. The highest BCUT2D eigenvalue weighted by Gasteiger charge is 2.28. The highest BCUT2D eigenvalue weighted by atomic mass is 35.5. The molecule has 0 spiro atoms. The van der Waals surface area contributed by atoms with E-state index in [1.165, 1.54) is 18.2 Å². The van der Waals surface area contributed by atoms with Crippen LogP contribution < -0.4 is 0 Å². The highest BCUT2D eigenvalue weighted by Crippen LogP contribution is 2.23. The van der Waals surface area contributed by atoms with Crippen LogP contribution in [0.25, 0.3) is 0 Å². The van der Waals surface area contributed by atoms with Gasteiger partial charge in [0.25, 0.3) is 0 Å². The van der Waals surface area contributed by atoms with E-state index in [1.54, 1.807) is 13.0 Å². The maximum atomic E-state index is 12.4. The number of sulfonamides is 1. The number of carboxylic acid groups (broad SMARTS) is 1. The van der Waals surface area contributed by atoms with Crippen LogP contribution >= 0.6 is 11.6 Å². The molecule has 0 fully saturated rings. The van der Waals surface area contributed by atoms with Gasteiger partial charge in [0.2, 0.25) is 10.0 Å². The Hall–Kier alpha value is -1.62. The molecule has 6 nitrogen and oxygen atoms in total. The van der Waals surface area contributed by atoms with E-state index in [9.17, 15) is 13.2 Å². The highest BCUT2D eigenvalue weighted by molar-refractivity contribution is 7.89. The van der Waals surface area contributed by atoms with Gasteiger partial charge in [-0.3, -0.25) is 4.79 Å². The first-order chi connectivity index (χ1) is 9.32. The lowest BCUT2D eigenvalue weighted by molar-refractivity contribution is -0.137. The van der Waals surface area contributed by atoms with Crippen molar-refractivity contribution in [2.45, 2.75) is 18.2 Å². The SMILES string of the molecule is CCCN(CC(=O)O)S(=O)(=O)c1ccc(Cl)cc1C#N. The number of rotatable bonds is 6. The molecule has 8 heteroatoms. The van der Waals surface area contributed by atoms with Crippen LogP contribution in [0.1, 0.15) is 18.9 Å². The lowest BCUT2D eigenvalue weighted by atomic mass is 10.2. The molecule has 1 N–H and O–H groups in total. The van der Waals surface area contributed by atoms with Gasteiger partial charge in [0.05, 0.1) is 5.56 Å². The van der Waals surface area contributed by atoms with E-state index in [0.29, 0.717) is 6.42 Å². The molecule has 1 aromatic rings. The van der Waals surface area contributed by atoms with Crippen LogP contribution in [0, 0.1) is 11.3 Å². The Balaban J connectivity index is 3.33. The molecule has 1 rings (SSSR count). The third-order valence-electron chi connectivity index (χ3n) is 2.46. The third kappa shape index (κ3) is 3.70. The van der Waals surface area contributed by atoms with Crippen LogP contribution in [-0.4, -0.2) is 36.9 Å². The average molecular weight is 317 g/mol. The number of nitrogens with zero attached hydrogens (tertiary/aromatic N) is 2. The zero-order chi connectivity index (χ0) is 15.3. The molecular weight excluding hydrogens is 304 g/mol. The van der Waals surface area contributed by atoms with E-state index in [-0.39, 0.29) is 22.0 Å². The Kier molecular flexibility index (Phi) is 5.51. The fourth-order valence-electron chi connectivity index (χ4n) is 1.64. The van der Waals surface area contributed by atoms with Crippen molar-refractivity contribution in [2.75, 3.05) is 13.1 Å². The average Bonchev–Trinajstić information content (AvgIpc) is 2.37. The molecule has 0 bridgehead atoms. The van der Waals surface area contributed by atoms with Crippen molar-refractivity contribution < 1.29 is 18.3 Å². The van der Waals surface area contributed by atoms with Gasteiger partial charge in [0.15, 0.2) is 0 Å². The van der Waals surface area contributed by atoms with Crippen LogP contribution in [0.15, 0.2) is 23.1 Å². The van der Waals surface area contributed by atoms with Crippen molar-refractivity contribution in [2.24, 2.45) is 0 Å². The smallest absolute Gasteiger partial charge is 0.318 e. The summed E-state index contributed by atoms with van der Waals surface area (Å²) in [5, 5.41) is 18.0. The summed E-state index contributed by atoms with van der Waals surface area (Å²) in [6, 6.07) is 5.55. The number of hydrogen-bond acceptors (Lipinski definition) is 4. The van der Waals surface area contributed by atoms with Gasteiger partial charge in [-0.1, -0.05) is 18.5 Å². The third-order valence-corrected chi connectivity index (χ3v) is 4.60. The van der Waals surface area contributed by atoms with Gasteiger partial charge in [0.1, 0.15) is 17.5 Å². The number of carbonyl (C=O) groups is 1. The monoisotopic (exact) mass is 316 g/mol. The molecule has 0 radical (unpaired) electrons. The Morgan fingerprint density at radius 2 is 2.15 bits per heavy atom. The first kappa shape index (κ1) is 16.4. The van der Waals surface area contributed by atoms with Crippen molar-refractivity contribution in [1.82, 2.24) is 4.31 Å². The maximum Gasteiger partial charge on any atom is 0.318 e. The van der Waals surface area contributed by atoms with Crippen LogP contribution in [0.2, 0.25) is 5.02 Å². The summed E-state index contributed by atoms with van der Waals surface area (Å²) in [7, 11) is -4.05. The maximum absolute atomic E-state index is 12.4. The van der Waals surface area contributed by atoms with Crippen molar-refractivity contribution in [3.63, 3.8) is 0 Å². The van der Waals surface area contributed by atoms with E-state index in [4.69, 9.17) is 22.0 Å². The second kappa shape index (κ2) is 6.70. The van der Waals surface area contributed by atoms with Gasteiger partial charge in [-0.2, -0.15) is 9.57 Å². The first-order valence-electron chi connectivity index (χ1n) is 5.74. The Labute approximate surface area is 122 Å². The number of aliphatic carboxylic acids is 1. The molecule has 0 saturated carbocycles. The minimum atomic E-state index is -4.05. The molecule has 0 amide bonds. The number of carboxylic acids is 1. The zero-order valence-corrected chi connectivity index (χ0v) is 12.3. The van der Waals surface area contributed by atoms with Crippen LogP contribution in [0.4, 0.5) is 0 Å². The van der Waals surface area contributed by atoms with E-state index < -0.39 is 22.5 Å².